The Morgan fingerprint density at radius 2 is 1.70 bits per heavy atom. The SMILES string of the molecule is CC(C)(C)c1cnc2nc(-c3cccc4c3oc3cc(F)ccc34)n(-c3ccccc3)c2c1. The van der Waals surface area contributed by atoms with Gasteiger partial charge in [-0.25, -0.2) is 14.4 Å². The Morgan fingerprint density at radius 1 is 0.879 bits per heavy atom. The average molecular weight is 436 g/mol. The lowest BCUT2D eigenvalue weighted by Gasteiger charge is -2.18. The lowest BCUT2D eigenvalue weighted by atomic mass is 9.88. The normalized spacial score (nSPS) is 12.2. The Morgan fingerprint density at radius 3 is 2.48 bits per heavy atom. The summed E-state index contributed by atoms with van der Waals surface area (Å²) < 4.78 is 22.2. The van der Waals surface area contributed by atoms with Crippen LogP contribution in [0.25, 0.3) is 50.2 Å². The number of hydrogen-bond acceptors (Lipinski definition) is 3. The summed E-state index contributed by atoms with van der Waals surface area (Å²) in [5.41, 5.74) is 5.72. The second-order valence-corrected chi connectivity index (χ2v) is 9.35. The van der Waals surface area contributed by atoms with Crippen LogP contribution in [0.3, 0.4) is 0 Å². The van der Waals surface area contributed by atoms with E-state index in [0.717, 1.165) is 38.9 Å². The minimum absolute atomic E-state index is 0.0457. The number of rotatable bonds is 2. The molecule has 0 unspecified atom stereocenters. The number of imidazole rings is 1. The molecule has 0 N–H and O–H groups in total. The van der Waals surface area contributed by atoms with Crippen LogP contribution < -0.4 is 0 Å². The molecule has 0 amide bonds. The van der Waals surface area contributed by atoms with Crippen LogP contribution in [0.15, 0.2) is 83.4 Å². The largest absolute Gasteiger partial charge is 0.455 e. The van der Waals surface area contributed by atoms with Crippen molar-refractivity contribution in [3.63, 3.8) is 0 Å². The zero-order chi connectivity index (χ0) is 22.7. The highest BCUT2D eigenvalue weighted by Crippen LogP contribution is 2.38. The molecule has 0 aliphatic rings. The molecular weight excluding hydrogens is 413 g/mol. The summed E-state index contributed by atoms with van der Waals surface area (Å²) in [5, 5.41) is 1.81. The van der Waals surface area contributed by atoms with E-state index in [2.05, 4.69) is 43.5 Å². The number of halogens is 1. The van der Waals surface area contributed by atoms with Crippen molar-refractivity contribution in [3.05, 3.63) is 90.4 Å². The molecule has 5 heteroatoms. The Kier molecular flexibility index (Phi) is 4.18. The highest BCUT2D eigenvalue weighted by molar-refractivity contribution is 6.09. The average Bonchev–Trinajstić information content (AvgIpc) is 3.36. The standard InChI is InChI=1S/C28H22FN3O/c1-28(2,3)17-14-23-26(30-16-17)31-27(32(23)19-8-5-4-6-9-19)22-11-7-10-21-20-13-12-18(29)15-24(20)33-25(21)22/h4-16H,1-3H3. The Bertz CT molecular complexity index is 1660. The van der Waals surface area contributed by atoms with Crippen LogP contribution in [0.2, 0.25) is 0 Å². The summed E-state index contributed by atoms with van der Waals surface area (Å²) in [6, 6.07) is 22.9. The maximum absolute atomic E-state index is 13.9. The minimum atomic E-state index is -0.321. The smallest absolute Gasteiger partial charge is 0.178 e. The van der Waals surface area contributed by atoms with E-state index in [1.54, 1.807) is 6.07 Å². The third-order valence-corrected chi connectivity index (χ3v) is 6.09. The molecule has 3 heterocycles. The van der Waals surface area contributed by atoms with Crippen LogP contribution in [0.4, 0.5) is 4.39 Å². The molecule has 0 aliphatic carbocycles. The summed E-state index contributed by atoms with van der Waals surface area (Å²) in [5.74, 6) is 0.415. The van der Waals surface area contributed by atoms with Crippen LogP contribution in [0.1, 0.15) is 26.3 Å². The van der Waals surface area contributed by atoms with Gasteiger partial charge in [-0.2, -0.15) is 0 Å². The van der Waals surface area contributed by atoms with E-state index in [0.29, 0.717) is 16.8 Å². The number of nitrogens with zero attached hydrogens (tertiary/aromatic N) is 3. The first-order chi connectivity index (χ1) is 15.9. The summed E-state index contributed by atoms with van der Waals surface area (Å²) in [4.78, 5) is 9.64. The van der Waals surface area contributed by atoms with Crippen LogP contribution in [0, 0.1) is 5.82 Å². The van der Waals surface area contributed by atoms with Crippen LogP contribution in [-0.4, -0.2) is 14.5 Å². The van der Waals surface area contributed by atoms with Gasteiger partial charge in [0.25, 0.3) is 0 Å². The Hall–Kier alpha value is -3.99. The molecule has 0 saturated heterocycles. The van der Waals surface area contributed by atoms with Crippen molar-refractivity contribution in [2.45, 2.75) is 26.2 Å². The Balaban J connectivity index is 1.71. The molecule has 3 aromatic heterocycles. The molecule has 33 heavy (non-hydrogen) atoms. The zero-order valence-electron chi connectivity index (χ0n) is 18.6. The van der Waals surface area contributed by atoms with Gasteiger partial charge in [-0.15, -0.1) is 0 Å². The molecule has 4 nitrogen and oxygen atoms in total. The van der Waals surface area contributed by atoms with Crippen molar-refractivity contribution in [3.8, 4) is 17.1 Å². The summed E-state index contributed by atoms with van der Waals surface area (Å²) in [6.45, 7) is 6.52. The van der Waals surface area contributed by atoms with Gasteiger partial charge in [-0.1, -0.05) is 51.1 Å². The quantitative estimate of drug-likeness (QED) is 0.284. The van der Waals surface area contributed by atoms with E-state index in [1.165, 1.54) is 12.1 Å². The van der Waals surface area contributed by atoms with Gasteiger partial charge >= 0.3 is 0 Å². The zero-order valence-corrected chi connectivity index (χ0v) is 18.6. The molecule has 0 saturated carbocycles. The van der Waals surface area contributed by atoms with E-state index in [4.69, 9.17) is 14.4 Å². The van der Waals surface area contributed by atoms with Crippen molar-refractivity contribution in [1.29, 1.82) is 0 Å². The van der Waals surface area contributed by atoms with E-state index in [1.807, 2.05) is 42.6 Å². The van der Waals surface area contributed by atoms with Gasteiger partial charge in [0.2, 0.25) is 0 Å². The molecule has 0 bridgehead atoms. The molecule has 6 rings (SSSR count). The van der Waals surface area contributed by atoms with Crippen LogP contribution >= 0.6 is 0 Å². The molecule has 3 aromatic carbocycles. The molecule has 0 atom stereocenters. The number of fused-ring (bicyclic) bond motifs is 4. The fraction of sp³-hybridized carbons (Fsp3) is 0.143. The summed E-state index contributed by atoms with van der Waals surface area (Å²) >= 11 is 0. The lowest BCUT2D eigenvalue weighted by molar-refractivity contribution is 0.588. The van der Waals surface area contributed by atoms with Crippen LogP contribution in [0.5, 0.6) is 0 Å². The van der Waals surface area contributed by atoms with Crippen molar-refractivity contribution in [2.24, 2.45) is 0 Å². The monoisotopic (exact) mass is 435 g/mol. The second-order valence-electron chi connectivity index (χ2n) is 9.35. The third-order valence-electron chi connectivity index (χ3n) is 6.09. The molecule has 0 radical (unpaired) electrons. The van der Waals surface area contributed by atoms with Gasteiger partial charge in [-0.05, 0) is 47.4 Å². The number of pyridine rings is 1. The minimum Gasteiger partial charge on any atom is -0.455 e. The van der Waals surface area contributed by atoms with Gasteiger partial charge in [0.05, 0.1) is 11.1 Å². The third kappa shape index (κ3) is 3.11. The second kappa shape index (κ2) is 7.01. The van der Waals surface area contributed by atoms with Crippen molar-refractivity contribution in [1.82, 2.24) is 14.5 Å². The predicted octanol–water partition coefficient (Wildman–Crippen LogP) is 7.42. The van der Waals surface area contributed by atoms with E-state index in [-0.39, 0.29) is 11.2 Å². The maximum atomic E-state index is 13.9. The molecule has 162 valence electrons. The van der Waals surface area contributed by atoms with E-state index in [9.17, 15) is 4.39 Å². The first-order valence-electron chi connectivity index (χ1n) is 11.0. The molecule has 0 fully saturated rings. The van der Waals surface area contributed by atoms with Gasteiger partial charge < -0.3 is 4.42 Å². The Labute approximate surface area is 190 Å². The highest BCUT2D eigenvalue weighted by Gasteiger charge is 2.22. The summed E-state index contributed by atoms with van der Waals surface area (Å²) in [7, 11) is 0. The van der Waals surface area contributed by atoms with Gasteiger partial charge in [-0.3, -0.25) is 4.57 Å². The first kappa shape index (κ1) is 19.7. The topological polar surface area (TPSA) is 43.9 Å². The fourth-order valence-corrected chi connectivity index (χ4v) is 4.34. The number of furan rings is 1. The van der Waals surface area contributed by atoms with Crippen LogP contribution in [-0.2, 0) is 5.41 Å². The predicted molar refractivity (Wildman–Crippen MR) is 130 cm³/mol. The summed E-state index contributed by atoms with van der Waals surface area (Å²) in [6.07, 6.45) is 1.90. The van der Waals surface area contributed by atoms with Crippen molar-refractivity contribution >= 4 is 33.1 Å². The molecule has 6 aromatic rings. The highest BCUT2D eigenvalue weighted by atomic mass is 19.1. The number of hydrogen-bond donors (Lipinski definition) is 0. The lowest BCUT2D eigenvalue weighted by Crippen LogP contribution is -2.11. The fourth-order valence-electron chi connectivity index (χ4n) is 4.34. The van der Waals surface area contributed by atoms with Crippen molar-refractivity contribution < 1.29 is 8.81 Å². The first-order valence-corrected chi connectivity index (χ1v) is 11.0. The number of para-hydroxylation sites is 2. The van der Waals surface area contributed by atoms with Gasteiger partial charge in [0.1, 0.15) is 17.0 Å². The van der Waals surface area contributed by atoms with Gasteiger partial charge in [0.15, 0.2) is 11.5 Å². The molecule has 0 aliphatic heterocycles. The van der Waals surface area contributed by atoms with Crippen molar-refractivity contribution in [2.75, 3.05) is 0 Å². The van der Waals surface area contributed by atoms with E-state index < -0.39 is 0 Å². The maximum Gasteiger partial charge on any atom is 0.178 e. The molecule has 0 spiro atoms. The molecular formula is C28H22FN3O. The van der Waals surface area contributed by atoms with E-state index >= 15 is 0 Å². The van der Waals surface area contributed by atoms with Gasteiger partial charge in [0, 0.05) is 28.7 Å². The number of benzene rings is 3. The number of aromatic nitrogens is 3.